The van der Waals surface area contributed by atoms with Crippen molar-refractivity contribution in [3.05, 3.63) is 45.9 Å². The zero-order valence-corrected chi connectivity index (χ0v) is 17.8. The van der Waals surface area contributed by atoms with Crippen LogP contribution >= 0.6 is 22.6 Å². The van der Waals surface area contributed by atoms with E-state index in [0.717, 1.165) is 20.6 Å². The van der Waals surface area contributed by atoms with Crippen LogP contribution in [-0.2, 0) is 11.2 Å². The number of benzene rings is 1. The summed E-state index contributed by atoms with van der Waals surface area (Å²) in [4.78, 5) is 28.3. The van der Waals surface area contributed by atoms with E-state index in [-0.39, 0.29) is 18.1 Å². The van der Waals surface area contributed by atoms with Crippen molar-refractivity contribution < 1.29 is 22.7 Å². The van der Waals surface area contributed by atoms with Crippen LogP contribution in [0.25, 0.3) is 11.0 Å². The van der Waals surface area contributed by atoms with Crippen LogP contribution in [-0.4, -0.2) is 58.3 Å². The van der Waals surface area contributed by atoms with Gasteiger partial charge in [-0.1, -0.05) is 12.1 Å². The van der Waals surface area contributed by atoms with Gasteiger partial charge in [-0.25, -0.2) is 9.97 Å². The van der Waals surface area contributed by atoms with Crippen molar-refractivity contribution >= 4 is 45.3 Å². The maximum atomic E-state index is 12.6. The lowest BCUT2D eigenvalue weighted by Crippen LogP contribution is -2.49. The smallest absolute Gasteiger partial charge is 0.406 e. The minimum absolute atomic E-state index is 0.0665. The topological polar surface area (TPSA) is 74.3 Å². The average Bonchev–Trinajstić information content (AvgIpc) is 3.08. The third kappa shape index (κ3) is 4.77. The highest BCUT2D eigenvalue weighted by Crippen LogP contribution is 2.26. The molecule has 1 amide bonds. The molecule has 11 heteroatoms. The van der Waals surface area contributed by atoms with Gasteiger partial charge in [0.1, 0.15) is 23.5 Å². The van der Waals surface area contributed by atoms with E-state index in [1.54, 1.807) is 4.90 Å². The number of hydrogen-bond donors (Lipinski definition) is 1. The van der Waals surface area contributed by atoms with Crippen LogP contribution in [0.4, 0.5) is 19.0 Å². The molecule has 30 heavy (non-hydrogen) atoms. The van der Waals surface area contributed by atoms with E-state index in [4.69, 9.17) is 0 Å². The summed E-state index contributed by atoms with van der Waals surface area (Å²) < 4.78 is 41.5. The second-order valence-electron chi connectivity index (χ2n) is 6.81. The number of H-pyrrole nitrogens is 1. The molecule has 0 aliphatic carbocycles. The van der Waals surface area contributed by atoms with Gasteiger partial charge in [-0.2, -0.15) is 0 Å². The van der Waals surface area contributed by atoms with Gasteiger partial charge in [0.2, 0.25) is 5.91 Å². The lowest BCUT2D eigenvalue weighted by atomic mass is 10.1. The summed E-state index contributed by atoms with van der Waals surface area (Å²) in [5.74, 6) is 0.470. The van der Waals surface area contributed by atoms with Crippen molar-refractivity contribution in [2.45, 2.75) is 12.8 Å². The lowest BCUT2D eigenvalue weighted by Gasteiger charge is -2.35. The third-order valence-corrected chi connectivity index (χ3v) is 5.40. The number of hydrogen-bond acceptors (Lipinski definition) is 5. The first kappa shape index (κ1) is 20.7. The second kappa shape index (κ2) is 8.28. The molecule has 0 bridgehead atoms. The Morgan fingerprint density at radius 2 is 1.83 bits per heavy atom. The Kier molecular flexibility index (Phi) is 5.71. The second-order valence-corrected chi connectivity index (χ2v) is 7.98. The maximum absolute atomic E-state index is 12.6. The van der Waals surface area contributed by atoms with Crippen LogP contribution in [0, 0.1) is 3.70 Å². The van der Waals surface area contributed by atoms with Gasteiger partial charge in [-0.05, 0) is 46.4 Å². The molecule has 158 valence electrons. The molecule has 0 unspecified atom stereocenters. The Morgan fingerprint density at radius 3 is 2.50 bits per heavy atom. The van der Waals surface area contributed by atoms with E-state index in [1.807, 2.05) is 6.07 Å². The number of nitrogens with zero attached hydrogens (tertiary/aromatic N) is 4. The normalized spacial score (nSPS) is 14.9. The first-order chi connectivity index (χ1) is 14.3. The van der Waals surface area contributed by atoms with Gasteiger partial charge in [0.05, 0.1) is 15.5 Å². The molecule has 1 aliphatic heterocycles. The predicted octanol–water partition coefficient (Wildman–Crippen LogP) is 3.35. The average molecular weight is 531 g/mol. The molecule has 1 aromatic carbocycles. The molecular weight excluding hydrogens is 514 g/mol. The van der Waals surface area contributed by atoms with E-state index in [9.17, 15) is 18.0 Å². The first-order valence-corrected chi connectivity index (χ1v) is 10.2. The number of nitrogens with one attached hydrogen (secondary N) is 1. The van der Waals surface area contributed by atoms with E-state index in [0.29, 0.717) is 31.7 Å². The van der Waals surface area contributed by atoms with Gasteiger partial charge in [-0.3, -0.25) is 4.79 Å². The van der Waals surface area contributed by atoms with Gasteiger partial charge >= 0.3 is 6.36 Å². The van der Waals surface area contributed by atoms with Crippen molar-refractivity contribution in [2.75, 3.05) is 31.1 Å². The zero-order valence-electron chi connectivity index (χ0n) is 15.6. The summed E-state index contributed by atoms with van der Waals surface area (Å²) in [6.45, 7) is 2.36. The molecule has 4 rings (SSSR count). The molecule has 7 nitrogen and oxygen atoms in total. The standard InChI is InChI=1S/C19H17F3IN5O2/c20-19(21,22)30-13-3-1-12(2-4-13)9-16(29)27-5-7-28(8-6-27)18-14-10-15(23)26-17(14)24-11-25-18/h1-4,10-11H,5-9H2,(H,24,25,26). The number of alkyl halides is 3. The molecule has 3 heterocycles. The Hall–Kier alpha value is -2.57. The van der Waals surface area contributed by atoms with Crippen LogP contribution in [0.3, 0.4) is 0 Å². The Labute approximate surface area is 183 Å². The van der Waals surface area contributed by atoms with Gasteiger partial charge in [0.15, 0.2) is 0 Å². The Morgan fingerprint density at radius 1 is 1.13 bits per heavy atom. The minimum atomic E-state index is -4.73. The largest absolute Gasteiger partial charge is 0.573 e. The number of piperazine rings is 1. The number of ether oxygens (including phenoxy) is 1. The van der Waals surface area contributed by atoms with Crippen molar-refractivity contribution in [3.8, 4) is 5.75 Å². The number of anilines is 1. The summed E-state index contributed by atoms with van der Waals surface area (Å²) in [5, 5.41) is 0.947. The van der Waals surface area contributed by atoms with Gasteiger partial charge in [0, 0.05) is 26.2 Å². The lowest BCUT2D eigenvalue weighted by molar-refractivity contribution is -0.274. The van der Waals surface area contributed by atoms with Crippen molar-refractivity contribution in [2.24, 2.45) is 0 Å². The fraction of sp³-hybridized carbons (Fsp3) is 0.316. The number of halogens is 4. The summed E-state index contributed by atoms with van der Waals surface area (Å²) in [7, 11) is 0. The number of aromatic nitrogens is 3. The van der Waals surface area contributed by atoms with Gasteiger partial charge in [-0.15, -0.1) is 13.2 Å². The van der Waals surface area contributed by atoms with Crippen LogP contribution in [0.5, 0.6) is 5.75 Å². The summed E-state index contributed by atoms with van der Waals surface area (Å²) in [6.07, 6.45) is -3.08. The van der Waals surface area contributed by atoms with Crippen molar-refractivity contribution in [1.82, 2.24) is 19.9 Å². The van der Waals surface area contributed by atoms with Crippen molar-refractivity contribution in [1.29, 1.82) is 0 Å². The van der Waals surface area contributed by atoms with Gasteiger partial charge < -0.3 is 19.5 Å². The SMILES string of the molecule is O=C(Cc1ccc(OC(F)(F)F)cc1)N1CCN(c2ncnc3[nH]c(I)cc23)CC1. The number of amides is 1. The number of carbonyl (C=O) groups excluding carboxylic acids is 1. The zero-order chi connectivity index (χ0) is 21.3. The van der Waals surface area contributed by atoms with Gasteiger partial charge in [0.25, 0.3) is 0 Å². The van der Waals surface area contributed by atoms with E-state index in [1.165, 1.54) is 30.6 Å². The molecule has 1 saturated heterocycles. The monoisotopic (exact) mass is 531 g/mol. The Bertz CT molecular complexity index is 1050. The highest BCUT2D eigenvalue weighted by atomic mass is 127. The number of fused-ring (bicyclic) bond motifs is 1. The van der Waals surface area contributed by atoms with E-state index in [2.05, 4.69) is 47.2 Å². The molecular formula is C19H17F3IN5O2. The molecule has 1 N–H and O–H groups in total. The quantitative estimate of drug-likeness (QED) is 0.523. The molecule has 0 atom stereocenters. The summed E-state index contributed by atoms with van der Waals surface area (Å²) >= 11 is 2.19. The fourth-order valence-electron chi connectivity index (χ4n) is 3.41. The first-order valence-electron chi connectivity index (χ1n) is 9.15. The predicted molar refractivity (Wildman–Crippen MR) is 112 cm³/mol. The molecule has 0 saturated carbocycles. The summed E-state index contributed by atoms with van der Waals surface area (Å²) in [6, 6.07) is 7.37. The molecule has 1 fully saturated rings. The number of aromatic amines is 1. The third-order valence-electron chi connectivity index (χ3n) is 4.82. The van der Waals surface area contributed by atoms with Crippen LogP contribution < -0.4 is 9.64 Å². The molecule has 2 aromatic heterocycles. The highest BCUT2D eigenvalue weighted by Gasteiger charge is 2.31. The molecule has 0 radical (unpaired) electrons. The fourth-order valence-corrected chi connectivity index (χ4v) is 3.98. The summed E-state index contributed by atoms with van der Waals surface area (Å²) in [5.41, 5.74) is 1.41. The van der Waals surface area contributed by atoms with E-state index >= 15 is 0 Å². The molecule has 3 aromatic rings. The number of carbonyl (C=O) groups is 1. The minimum Gasteiger partial charge on any atom is -0.406 e. The number of rotatable bonds is 4. The van der Waals surface area contributed by atoms with E-state index < -0.39 is 6.36 Å². The van der Waals surface area contributed by atoms with Crippen LogP contribution in [0.1, 0.15) is 5.56 Å². The highest BCUT2D eigenvalue weighted by molar-refractivity contribution is 14.1. The molecule has 1 aliphatic rings. The van der Waals surface area contributed by atoms with Crippen molar-refractivity contribution in [3.63, 3.8) is 0 Å². The van der Waals surface area contributed by atoms with Crippen LogP contribution in [0.2, 0.25) is 0 Å². The Balaban J connectivity index is 1.35. The molecule has 0 spiro atoms. The van der Waals surface area contributed by atoms with Crippen LogP contribution in [0.15, 0.2) is 36.7 Å². The maximum Gasteiger partial charge on any atom is 0.573 e.